The summed E-state index contributed by atoms with van der Waals surface area (Å²) in [6.45, 7) is 3.98. The maximum absolute atomic E-state index is 5.37. The van der Waals surface area contributed by atoms with E-state index in [2.05, 4.69) is 36.5 Å². The number of hydrogen-bond acceptors (Lipinski definition) is 5. The minimum absolute atomic E-state index is 0.535. The van der Waals surface area contributed by atoms with Crippen LogP contribution in [0.2, 0.25) is 0 Å². The lowest BCUT2D eigenvalue weighted by molar-refractivity contribution is 0.417. The Morgan fingerprint density at radius 3 is 2.52 bits per heavy atom. The number of halogens is 1. The molecular formula is C19H19BrN4O. The molecule has 3 aromatic rings. The summed E-state index contributed by atoms with van der Waals surface area (Å²) in [4.78, 5) is 9.00. The lowest BCUT2D eigenvalue weighted by atomic mass is 10.2. The number of methoxy groups -OCH3 is 1. The van der Waals surface area contributed by atoms with Gasteiger partial charge in [0.05, 0.1) is 12.8 Å². The Kier molecular flexibility index (Phi) is 5.19. The molecule has 0 atom stereocenters. The zero-order valence-electron chi connectivity index (χ0n) is 14.3. The van der Waals surface area contributed by atoms with E-state index in [-0.39, 0.29) is 0 Å². The Hall–Kier alpha value is -2.60. The van der Waals surface area contributed by atoms with E-state index in [1.165, 1.54) is 5.56 Å². The molecule has 2 N–H and O–H groups in total. The Morgan fingerprint density at radius 1 is 0.960 bits per heavy atom. The standard InChI is InChI=1S/C19H19BrN4O/c1-12-8-9-14(11-15(12)20)22-19-21-13(2)10-18(24-19)23-16-6-4-5-7-17(16)25-3/h4-11H,1-3H3,(H2,21,22,23,24). The van der Waals surface area contributed by atoms with Crippen LogP contribution in [0.5, 0.6) is 5.75 Å². The van der Waals surface area contributed by atoms with Crippen molar-refractivity contribution >= 4 is 39.1 Å². The summed E-state index contributed by atoms with van der Waals surface area (Å²) in [6.07, 6.45) is 0. The number of aromatic nitrogens is 2. The minimum atomic E-state index is 0.535. The fraction of sp³-hybridized carbons (Fsp3) is 0.158. The minimum Gasteiger partial charge on any atom is -0.495 e. The van der Waals surface area contributed by atoms with Gasteiger partial charge >= 0.3 is 0 Å². The van der Waals surface area contributed by atoms with Gasteiger partial charge in [-0.1, -0.05) is 34.1 Å². The Balaban J connectivity index is 1.86. The molecular weight excluding hydrogens is 380 g/mol. The topological polar surface area (TPSA) is 59.1 Å². The van der Waals surface area contributed by atoms with Crippen molar-refractivity contribution in [2.45, 2.75) is 13.8 Å². The van der Waals surface area contributed by atoms with Gasteiger partial charge in [0.15, 0.2) is 0 Å². The highest BCUT2D eigenvalue weighted by molar-refractivity contribution is 9.10. The maximum Gasteiger partial charge on any atom is 0.229 e. The van der Waals surface area contributed by atoms with E-state index in [0.717, 1.165) is 27.3 Å². The molecule has 0 radical (unpaired) electrons. The first-order chi connectivity index (χ1) is 12.0. The van der Waals surface area contributed by atoms with Crippen molar-refractivity contribution < 1.29 is 4.74 Å². The number of rotatable bonds is 5. The highest BCUT2D eigenvalue weighted by Gasteiger charge is 2.07. The molecule has 0 fully saturated rings. The second-order valence-corrected chi connectivity index (χ2v) is 6.49. The fourth-order valence-electron chi connectivity index (χ4n) is 2.37. The van der Waals surface area contributed by atoms with E-state index in [1.807, 2.05) is 62.4 Å². The molecule has 25 heavy (non-hydrogen) atoms. The largest absolute Gasteiger partial charge is 0.495 e. The van der Waals surface area contributed by atoms with Crippen molar-refractivity contribution in [1.82, 2.24) is 9.97 Å². The quantitative estimate of drug-likeness (QED) is 0.606. The molecule has 0 aliphatic rings. The van der Waals surface area contributed by atoms with E-state index >= 15 is 0 Å². The normalized spacial score (nSPS) is 10.4. The average Bonchev–Trinajstić information content (AvgIpc) is 2.58. The van der Waals surface area contributed by atoms with Gasteiger partial charge < -0.3 is 15.4 Å². The number of benzene rings is 2. The third kappa shape index (κ3) is 4.28. The molecule has 0 bridgehead atoms. The molecule has 0 saturated carbocycles. The van der Waals surface area contributed by atoms with E-state index in [0.29, 0.717) is 11.8 Å². The van der Waals surface area contributed by atoms with Gasteiger partial charge in [0.2, 0.25) is 5.95 Å². The molecule has 0 amide bonds. The summed E-state index contributed by atoms with van der Waals surface area (Å²) in [5.41, 5.74) is 3.81. The lowest BCUT2D eigenvalue weighted by Gasteiger charge is -2.12. The van der Waals surface area contributed by atoms with E-state index in [1.54, 1.807) is 7.11 Å². The maximum atomic E-state index is 5.37. The highest BCUT2D eigenvalue weighted by atomic mass is 79.9. The third-order valence-electron chi connectivity index (χ3n) is 3.65. The molecule has 128 valence electrons. The van der Waals surface area contributed by atoms with Crippen LogP contribution in [0.4, 0.5) is 23.1 Å². The van der Waals surface area contributed by atoms with Crippen LogP contribution in [0, 0.1) is 13.8 Å². The lowest BCUT2D eigenvalue weighted by Crippen LogP contribution is -2.03. The number of hydrogen-bond donors (Lipinski definition) is 2. The number of aryl methyl sites for hydroxylation is 2. The molecule has 1 heterocycles. The molecule has 6 heteroatoms. The smallest absolute Gasteiger partial charge is 0.229 e. The first-order valence-electron chi connectivity index (χ1n) is 7.84. The molecule has 0 aliphatic carbocycles. The van der Waals surface area contributed by atoms with Crippen LogP contribution in [0.1, 0.15) is 11.3 Å². The number of para-hydroxylation sites is 2. The first-order valence-corrected chi connectivity index (χ1v) is 8.63. The zero-order chi connectivity index (χ0) is 17.8. The SMILES string of the molecule is COc1ccccc1Nc1cc(C)nc(Nc2ccc(C)c(Br)c2)n1. The number of nitrogens with zero attached hydrogens (tertiary/aromatic N) is 2. The predicted molar refractivity (Wildman–Crippen MR) is 105 cm³/mol. The van der Waals surface area contributed by atoms with Crippen molar-refractivity contribution in [3.63, 3.8) is 0 Å². The van der Waals surface area contributed by atoms with Gasteiger partial charge in [-0.05, 0) is 43.7 Å². The number of anilines is 4. The summed E-state index contributed by atoms with van der Waals surface area (Å²) in [5.74, 6) is 1.99. The second-order valence-electron chi connectivity index (χ2n) is 5.63. The van der Waals surface area contributed by atoms with Crippen LogP contribution < -0.4 is 15.4 Å². The zero-order valence-corrected chi connectivity index (χ0v) is 15.9. The van der Waals surface area contributed by atoms with Crippen LogP contribution in [0.3, 0.4) is 0 Å². The molecule has 5 nitrogen and oxygen atoms in total. The molecule has 0 aliphatic heterocycles. The van der Waals surface area contributed by atoms with Gasteiger partial charge in [-0.15, -0.1) is 0 Å². The van der Waals surface area contributed by atoms with Crippen molar-refractivity contribution in [3.05, 3.63) is 64.3 Å². The summed E-state index contributed by atoms with van der Waals surface area (Å²) in [6, 6.07) is 15.7. The van der Waals surface area contributed by atoms with Gasteiger partial charge in [-0.3, -0.25) is 0 Å². The fourth-order valence-corrected chi connectivity index (χ4v) is 2.75. The molecule has 0 saturated heterocycles. The molecule has 0 unspecified atom stereocenters. The Labute approximate surface area is 155 Å². The summed E-state index contributed by atoms with van der Waals surface area (Å²) >= 11 is 3.54. The van der Waals surface area contributed by atoms with Gasteiger partial charge in [-0.2, -0.15) is 4.98 Å². The third-order valence-corrected chi connectivity index (χ3v) is 4.51. The van der Waals surface area contributed by atoms with E-state index in [9.17, 15) is 0 Å². The van der Waals surface area contributed by atoms with Gasteiger partial charge in [0.25, 0.3) is 0 Å². The van der Waals surface area contributed by atoms with Gasteiger partial charge in [0.1, 0.15) is 11.6 Å². The average molecular weight is 399 g/mol. The van der Waals surface area contributed by atoms with E-state index in [4.69, 9.17) is 4.74 Å². The summed E-state index contributed by atoms with van der Waals surface area (Å²) < 4.78 is 6.41. The monoisotopic (exact) mass is 398 g/mol. The van der Waals surface area contributed by atoms with Crippen molar-refractivity contribution in [1.29, 1.82) is 0 Å². The van der Waals surface area contributed by atoms with Crippen molar-refractivity contribution in [3.8, 4) is 5.75 Å². The van der Waals surface area contributed by atoms with Crippen LogP contribution in [-0.4, -0.2) is 17.1 Å². The Morgan fingerprint density at radius 2 is 1.76 bits per heavy atom. The van der Waals surface area contributed by atoms with Crippen LogP contribution in [0.15, 0.2) is 53.0 Å². The molecule has 0 spiro atoms. The van der Waals surface area contributed by atoms with Crippen molar-refractivity contribution in [2.24, 2.45) is 0 Å². The molecule has 3 rings (SSSR count). The van der Waals surface area contributed by atoms with Gasteiger partial charge in [0, 0.05) is 21.9 Å². The van der Waals surface area contributed by atoms with Crippen LogP contribution in [0.25, 0.3) is 0 Å². The first kappa shape index (κ1) is 17.2. The predicted octanol–water partition coefficient (Wildman–Crippen LogP) is 5.35. The highest BCUT2D eigenvalue weighted by Crippen LogP contribution is 2.27. The summed E-state index contributed by atoms with van der Waals surface area (Å²) in [7, 11) is 1.65. The van der Waals surface area contributed by atoms with Crippen LogP contribution in [-0.2, 0) is 0 Å². The van der Waals surface area contributed by atoms with Crippen LogP contribution >= 0.6 is 15.9 Å². The Bertz CT molecular complexity index is 898. The van der Waals surface area contributed by atoms with Crippen molar-refractivity contribution in [2.75, 3.05) is 17.7 Å². The van der Waals surface area contributed by atoms with E-state index < -0.39 is 0 Å². The molecule has 1 aromatic heterocycles. The number of ether oxygens (including phenoxy) is 1. The molecule has 2 aromatic carbocycles. The number of nitrogens with one attached hydrogen (secondary N) is 2. The second kappa shape index (κ2) is 7.53. The summed E-state index contributed by atoms with van der Waals surface area (Å²) in [5, 5.41) is 6.53. The van der Waals surface area contributed by atoms with Gasteiger partial charge in [-0.25, -0.2) is 4.98 Å².